The quantitative estimate of drug-likeness (QED) is 0.847. The van der Waals surface area contributed by atoms with Gasteiger partial charge in [0.1, 0.15) is 18.4 Å². The van der Waals surface area contributed by atoms with E-state index < -0.39 is 18.6 Å². The fraction of sp³-hybridized carbons (Fsp3) is 0.444. The molecule has 0 bridgehead atoms. The first kappa shape index (κ1) is 19.8. The molecule has 0 saturated carbocycles. The van der Waals surface area contributed by atoms with Crippen LogP contribution in [0.5, 0.6) is 5.75 Å². The third kappa shape index (κ3) is 4.20. The smallest absolute Gasteiger partial charge is 0.289 e. The summed E-state index contributed by atoms with van der Waals surface area (Å²) >= 11 is 0. The number of ether oxygens (including phenoxy) is 1. The van der Waals surface area contributed by atoms with Crippen LogP contribution in [0.15, 0.2) is 36.4 Å². The normalized spacial score (nSPS) is 17.1. The largest absolute Gasteiger partial charge is 0.497 e. The predicted molar refractivity (Wildman–Crippen MR) is 97.0 cm³/mol. The van der Waals surface area contributed by atoms with E-state index in [0.29, 0.717) is 31.7 Å². The molecule has 0 amide bonds. The maximum Gasteiger partial charge on any atom is 0.289 e. The van der Waals surface area contributed by atoms with E-state index >= 15 is 0 Å². The zero-order chi connectivity index (χ0) is 17.2. The number of rotatable bonds is 5. The highest BCUT2D eigenvalue weighted by Gasteiger charge is 2.44. The van der Waals surface area contributed by atoms with Crippen molar-refractivity contribution >= 4 is 23.2 Å². The Labute approximate surface area is 152 Å². The number of nitrogens with one attached hydrogen (secondary N) is 1. The number of aliphatic hydroxyl groups is 1. The lowest BCUT2D eigenvalue weighted by molar-refractivity contribution is -0.118. The molecular formula is C18H23ClF2N2O2. The minimum atomic E-state index is -3.20. The molecule has 4 nitrogen and oxygen atoms in total. The van der Waals surface area contributed by atoms with Gasteiger partial charge in [0, 0.05) is 26.2 Å². The van der Waals surface area contributed by atoms with Gasteiger partial charge in [0.2, 0.25) is 0 Å². The van der Waals surface area contributed by atoms with Crippen molar-refractivity contribution in [2.45, 2.75) is 12.0 Å². The van der Waals surface area contributed by atoms with Crippen molar-refractivity contribution in [3.8, 4) is 5.75 Å². The second kappa shape index (κ2) is 8.27. The summed E-state index contributed by atoms with van der Waals surface area (Å²) in [5.41, 5.74) is 0.522. The van der Waals surface area contributed by atoms with Crippen LogP contribution in [0.1, 0.15) is 11.6 Å². The second-order valence-corrected chi connectivity index (χ2v) is 6.08. The van der Waals surface area contributed by atoms with Crippen molar-refractivity contribution in [2.24, 2.45) is 0 Å². The Hall–Kier alpha value is -1.47. The molecule has 25 heavy (non-hydrogen) atoms. The molecule has 1 aliphatic heterocycles. The van der Waals surface area contributed by atoms with E-state index in [1.54, 1.807) is 24.1 Å². The zero-order valence-electron chi connectivity index (χ0n) is 14.0. The van der Waals surface area contributed by atoms with E-state index in [1.807, 2.05) is 24.3 Å². The molecule has 7 heteroatoms. The third-order valence-electron chi connectivity index (χ3n) is 4.51. The van der Waals surface area contributed by atoms with Crippen molar-refractivity contribution in [3.63, 3.8) is 0 Å². The Bertz CT molecular complexity index is 709. The Morgan fingerprint density at radius 2 is 1.80 bits per heavy atom. The van der Waals surface area contributed by atoms with Crippen molar-refractivity contribution in [1.29, 1.82) is 0 Å². The molecule has 2 aromatic rings. The van der Waals surface area contributed by atoms with Gasteiger partial charge in [0.25, 0.3) is 5.92 Å². The number of fused-ring (bicyclic) bond motifs is 1. The van der Waals surface area contributed by atoms with Crippen LogP contribution >= 0.6 is 12.4 Å². The van der Waals surface area contributed by atoms with Gasteiger partial charge in [-0.15, -0.1) is 12.4 Å². The van der Waals surface area contributed by atoms with Gasteiger partial charge in [-0.05, 0) is 34.5 Å². The SMILES string of the molecule is COc1ccc2cc([C@@H](N3CCNCC3)C(F)(F)CO)ccc2c1.Cl. The highest BCUT2D eigenvalue weighted by molar-refractivity contribution is 5.85. The molecule has 0 aromatic heterocycles. The number of methoxy groups -OCH3 is 1. The van der Waals surface area contributed by atoms with Gasteiger partial charge in [-0.1, -0.05) is 18.2 Å². The van der Waals surface area contributed by atoms with Crippen LogP contribution in [-0.2, 0) is 0 Å². The van der Waals surface area contributed by atoms with E-state index in [1.165, 1.54) is 0 Å². The van der Waals surface area contributed by atoms with Gasteiger partial charge in [-0.25, -0.2) is 8.78 Å². The third-order valence-corrected chi connectivity index (χ3v) is 4.51. The van der Waals surface area contributed by atoms with Gasteiger partial charge in [0.15, 0.2) is 0 Å². The minimum Gasteiger partial charge on any atom is -0.497 e. The number of alkyl halides is 2. The van der Waals surface area contributed by atoms with Crippen LogP contribution in [0.2, 0.25) is 0 Å². The summed E-state index contributed by atoms with van der Waals surface area (Å²) in [6, 6.07) is 9.76. The highest BCUT2D eigenvalue weighted by atomic mass is 35.5. The van der Waals surface area contributed by atoms with Crippen LogP contribution in [0.25, 0.3) is 10.8 Å². The number of benzene rings is 2. The summed E-state index contributed by atoms with van der Waals surface area (Å²) in [6.07, 6.45) is 0. The maximum absolute atomic E-state index is 14.5. The number of aliphatic hydroxyl groups excluding tert-OH is 1. The summed E-state index contributed by atoms with van der Waals surface area (Å²) in [5.74, 6) is -2.47. The van der Waals surface area contributed by atoms with Crippen LogP contribution in [0.3, 0.4) is 0 Å². The molecule has 0 spiro atoms. The molecule has 0 unspecified atom stereocenters. The van der Waals surface area contributed by atoms with E-state index in [-0.39, 0.29) is 12.4 Å². The summed E-state index contributed by atoms with van der Waals surface area (Å²) in [6.45, 7) is 1.23. The van der Waals surface area contributed by atoms with E-state index in [0.717, 1.165) is 16.5 Å². The molecule has 0 radical (unpaired) electrons. The molecule has 2 aromatic carbocycles. The monoisotopic (exact) mass is 372 g/mol. The van der Waals surface area contributed by atoms with E-state index in [2.05, 4.69) is 5.32 Å². The Balaban J connectivity index is 0.00000225. The maximum atomic E-state index is 14.5. The molecule has 1 aliphatic rings. The lowest BCUT2D eigenvalue weighted by Crippen LogP contribution is -2.51. The lowest BCUT2D eigenvalue weighted by atomic mass is 9.95. The molecule has 1 saturated heterocycles. The Morgan fingerprint density at radius 1 is 1.16 bits per heavy atom. The first-order valence-electron chi connectivity index (χ1n) is 8.06. The summed E-state index contributed by atoms with van der Waals surface area (Å²) in [4.78, 5) is 1.75. The number of hydrogen-bond donors (Lipinski definition) is 2. The van der Waals surface area contributed by atoms with E-state index in [9.17, 15) is 13.9 Å². The second-order valence-electron chi connectivity index (χ2n) is 6.08. The molecular weight excluding hydrogens is 350 g/mol. The molecule has 1 heterocycles. The van der Waals surface area contributed by atoms with Gasteiger partial charge >= 0.3 is 0 Å². The van der Waals surface area contributed by atoms with Crippen LogP contribution in [0, 0.1) is 0 Å². The van der Waals surface area contributed by atoms with Crippen molar-refractivity contribution in [1.82, 2.24) is 10.2 Å². The number of nitrogens with zero attached hydrogens (tertiary/aromatic N) is 1. The van der Waals surface area contributed by atoms with Crippen LogP contribution in [-0.4, -0.2) is 55.8 Å². The van der Waals surface area contributed by atoms with Crippen LogP contribution < -0.4 is 10.1 Å². The average molecular weight is 373 g/mol. The summed E-state index contributed by atoms with van der Waals surface area (Å²) in [5, 5.41) is 14.2. The first-order chi connectivity index (χ1) is 11.5. The Kier molecular flexibility index (Phi) is 6.57. The summed E-state index contributed by atoms with van der Waals surface area (Å²) in [7, 11) is 1.59. The minimum absolute atomic E-state index is 0. The number of piperazine rings is 1. The zero-order valence-corrected chi connectivity index (χ0v) is 14.9. The summed E-state index contributed by atoms with van der Waals surface area (Å²) < 4.78 is 34.1. The Morgan fingerprint density at radius 3 is 2.44 bits per heavy atom. The van der Waals surface area contributed by atoms with Crippen LogP contribution in [0.4, 0.5) is 8.78 Å². The highest BCUT2D eigenvalue weighted by Crippen LogP contribution is 2.37. The van der Waals surface area contributed by atoms with Gasteiger partial charge in [0.05, 0.1) is 7.11 Å². The van der Waals surface area contributed by atoms with E-state index in [4.69, 9.17) is 4.74 Å². The first-order valence-corrected chi connectivity index (χ1v) is 8.06. The van der Waals surface area contributed by atoms with Gasteiger partial charge < -0.3 is 15.2 Å². The molecule has 0 aliphatic carbocycles. The lowest BCUT2D eigenvalue weighted by Gasteiger charge is -2.38. The molecule has 138 valence electrons. The fourth-order valence-corrected chi connectivity index (χ4v) is 3.29. The average Bonchev–Trinajstić information content (AvgIpc) is 2.62. The topological polar surface area (TPSA) is 44.7 Å². The number of halogens is 3. The fourth-order valence-electron chi connectivity index (χ4n) is 3.29. The standard InChI is InChI=1S/C18H22F2N2O2.ClH/c1-24-16-5-4-13-10-15(3-2-14(13)11-16)17(18(19,20)12-23)22-8-6-21-7-9-22;/h2-5,10-11,17,21,23H,6-9,12H2,1H3;1H/t17-;/m1./s1. The molecule has 1 fully saturated rings. The molecule has 1 atom stereocenters. The van der Waals surface area contributed by atoms with Gasteiger partial charge in [-0.3, -0.25) is 4.90 Å². The van der Waals surface area contributed by atoms with Gasteiger partial charge in [-0.2, -0.15) is 0 Å². The van der Waals surface area contributed by atoms with Crippen molar-refractivity contribution in [2.75, 3.05) is 39.9 Å². The predicted octanol–water partition coefficient (Wildman–Crippen LogP) is 2.84. The number of hydrogen-bond acceptors (Lipinski definition) is 4. The van der Waals surface area contributed by atoms with Crippen molar-refractivity contribution in [3.05, 3.63) is 42.0 Å². The molecule has 2 N–H and O–H groups in total. The van der Waals surface area contributed by atoms with Crippen molar-refractivity contribution < 1.29 is 18.6 Å². The molecule has 3 rings (SSSR count).